The molecule has 2 heterocycles. The zero-order valence-corrected chi connectivity index (χ0v) is 16.3. The van der Waals surface area contributed by atoms with Gasteiger partial charge >= 0.3 is 0 Å². The van der Waals surface area contributed by atoms with Crippen LogP contribution < -0.4 is 10.2 Å². The fourth-order valence-electron chi connectivity index (χ4n) is 4.39. The summed E-state index contributed by atoms with van der Waals surface area (Å²) in [6, 6.07) is 13.0. The molecule has 2 atom stereocenters. The fourth-order valence-corrected chi connectivity index (χ4v) is 4.39. The van der Waals surface area contributed by atoms with Crippen LogP contribution in [-0.2, 0) is 0 Å². The smallest absolute Gasteiger partial charge is 0.287 e. The topological polar surface area (TPSA) is 46.7 Å². The van der Waals surface area contributed by atoms with E-state index in [2.05, 4.69) is 24.4 Å². The Kier molecular flexibility index (Phi) is 5.17. The van der Waals surface area contributed by atoms with Gasteiger partial charge in [0, 0.05) is 29.3 Å². The maximum absolute atomic E-state index is 12.7. The predicted octanol–water partition coefficient (Wildman–Crippen LogP) is 3.47. The molecule has 1 fully saturated rings. The Morgan fingerprint density at radius 2 is 2.04 bits per heavy atom. The van der Waals surface area contributed by atoms with E-state index in [0.29, 0.717) is 12.3 Å². The lowest BCUT2D eigenvalue weighted by atomic mass is 10.0. The van der Waals surface area contributed by atoms with Crippen LogP contribution >= 0.6 is 0 Å². The summed E-state index contributed by atoms with van der Waals surface area (Å²) < 4.78 is 6.02. The summed E-state index contributed by atoms with van der Waals surface area (Å²) in [7, 11) is 0. The molecule has 1 aliphatic rings. The minimum atomic E-state index is -0.102. The lowest BCUT2D eigenvalue weighted by Crippen LogP contribution is -3.16. The van der Waals surface area contributed by atoms with Crippen molar-refractivity contribution in [2.24, 2.45) is 0 Å². The summed E-state index contributed by atoms with van der Waals surface area (Å²) in [6.07, 6.45) is 5.03. The van der Waals surface area contributed by atoms with E-state index in [9.17, 15) is 4.79 Å². The molecule has 4 nitrogen and oxygen atoms in total. The van der Waals surface area contributed by atoms with Gasteiger partial charge < -0.3 is 14.6 Å². The van der Waals surface area contributed by atoms with Crippen LogP contribution in [0.5, 0.6) is 0 Å². The molecule has 3 aromatic rings. The van der Waals surface area contributed by atoms with Crippen LogP contribution in [0.1, 0.15) is 48.7 Å². The standard InChI is InChI=1S/C23H28N2O2/c1-16-8-5-6-14-25(16)15-7-13-24-23(26)21-17(2)19-12-11-18-9-3-4-10-20(18)22(19)27-21/h3-4,9-12,16H,5-8,13-15H2,1-2H3,(H,24,26)/p+1/t16-/m1/s1. The number of aryl methyl sites for hydroxylation is 1. The average Bonchev–Trinajstić information content (AvgIpc) is 3.03. The highest BCUT2D eigenvalue weighted by molar-refractivity contribution is 6.08. The van der Waals surface area contributed by atoms with Crippen molar-refractivity contribution in [1.82, 2.24) is 5.32 Å². The molecule has 1 aliphatic heterocycles. The van der Waals surface area contributed by atoms with Crippen molar-refractivity contribution in [2.45, 2.75) is 45.6 Å². The van der Waals surface area contributed by atoms with Crippen LogP contribution in [0, 0.1) is 6.92 Å². The number of fused-ring (bicyclic) bond motifs is 3. The number of quaternary nitrogens is 1. The third-order valence-electron chi connectivity index (χ3n) is 6.08. The molecule has 0 radical (unpaired) electrons. The van der Waals surface area contributed by atoms with Crippen molar-refractivity contribution in [2.75, 3.05) is 19.6 Å². The zero-order chi connectivity index (χ0) is 18.8. The van der Waals surface area contributed by atoms with E-state index in [0.717, 1.165) is 46.3 Å². The van der Waals surface area contributed by atoms with Crippen molar-refractivity contribution in [3.63, 3.8) is 0 Å². The van der Waals surface area contributed by atoms with Crippen LogP contribution in [0.25, 0.3) is 21.7 Å². The van der Waals surface area contributed by atoms with Crippen molar-refractivity contribution < 1.29 is 14.1 Å². The fraction of sp³-hybridized carbons (Fsp3) is 0.435. The van der Waals surface area contributed by atoms with E-state index in [1.807, 2.05) is 31.2 Å². The third kappa shape index (κ3) is 3.59. The molecule has 0 aliphatic carbocycles. The Bertz CT molecular complexity index is 960. The average molecular weight is 365 g/mol. The second-order valence-electron chi connectivity index (χ2n) is 7.88. The monoisotopic (exact) mass is 365 g/mol. The number of hydrogen-bond donors (Lipinski definition) is 2. The van der Waals surface area contributed by atoms with Gasteiger partial charge in [-0.25, -0.2) is 0 Å². The van der Waals surface area contributed by atoms with E-state index in [1.165, 1.54) is 25.8 Å². The molecule has 2 N–H and O–H groups in total. The summed E-state index contributed by atoms with van der Waals surface area (Å²) in [5, 5.41) is 6.26. The van der Waals surface area contributed by atoms with Gasteiger partial charge in [0.05, 0.1) is 19.1 Å². The number of amides is 1. The Hall–Kier alpha value is -2.33. The molecule has 0 spiro atoms. The Balaban J connectivity index is 1.43. The zero-order valence-electron chi connectivity index (χ0n) is 16.3. The molecule has 4 rings (SSSR count). The Morgan fingerprint density at radius 1 is 1.19 bits per heavy atom. The molecule has 2 aromatic carbocycles. The van der Waals surface area contributed by atoms with Gasteiger partial charge in [0.1, 0.15) is 5.58 Å². The highest BCUT2D eigenvalue weighted by Gasteiger charge is 2.22. The number of carbonyl (C=O) groups excluding carboxylic acids is 1. The van der Waals surface area contributed by atoms with Crippen LogP contribution in [0.2, 0.25) is 0 Å². The summed E-state index contributed by atoms with van der Waals surface area (Å²) in [6.45, 7) is 7.41. The first-order chi connectivity index (χ1) is 13.1. The van der Waals surface area contributed by atoms with Crippen molar-refractivity contribution in [3.05, 3.63) is 47.7 Å². The van der Waals surface area contributed by atoms with Gasteiger partial charge in [-0.05, 0) is 38.5 Å². The van der Waals surface area contributed by atoms with Gasteiger partial charge in [-0.2, -0.15) is 0 Å². The normalized spacial score (nSPS) is 20.2. The first kappa shape index (κ1) is 18.1. The number of hydrogen-bond acceptors (Lipinski definition) is 2. The second-order valence-corrected chi connectivity index (χ2v) is 7.88. The van der Waals surface area contributed by atoms with Crippen molar-refractivity contribution in [3.8, 4) is 0 Å². The van der Waals surface area contributed by atoms with Gasteiger partial charge in [-0.1, -0.05) is 36.4 Å². The molecule has 1 unspecified atom stereocenters. The van der Waals surface area contributed by atoms with Gasteiger partial charge in [0.2, 0.25) is 0 Å². The molecular formula is C23H29N2O2+. The summed E-state index contributed by atoms with van der Waals surface area (Å²) >= 11 is 0. The molecule has 4 heteroatoms. The molecule has 0 saturated carbocycles. The molecule has 27 heavy (non-hydrogen) atoms. The summed E-state index contributed by atoms with van der Waals surface area (Å²) in [5.74, 6) is 0.342. The minimum absolute atomic E-state index is 0.102. The molecule has 142 valence electrons. The van der Waals surface area contributed by atoms with Crippen LogP contribution in [0.4, 0.5) is 0 Å². The number of rotatable bonds is 5. The number of furan rings is 1. The highest BCUT2D eigenvalue weighted by atomic mass is 16.3. The van der Waals surface area contributed by atoms with E-state index in [-0.39, 0.29) is 5.91 Å². The third-order valence-corrected chi connectivity index (χ3v) is 6.08. The van der Waals surface area contributed by atoms with E-state index in [1.54, 1.807) is 4.90 Å². The first-order valence-corrected chi connectivity index (χ1v) is 10.2. The van der Waals surface area contributed by atoms with Crippen LogP contribution in [-0.4, -0.2) is 31.6 Å². The van der Waals surface area contributed by atoms with Gasteiger partial charge in [0.15, 0.2) is 5.76 Å². The van der Waals surface area contributed by atoms with E-state index in [4.69, 9.17) is 4.42 Å². The van der Waals surface area contributed by atoms with Crippen LogP contribution in [0.3, 0.4) is 0 Å². The number of nitrogens with one attached hydrogen (secondary N) is 2. The SMILES string of the molecule is Cc1c(C(=O)NCCC[NH+]2CCCC[C@H]2C)oc2c1ccc1ccccc12. The van der Waals surface area contributed by atoms with Gasteiger partial charge in [-0.15, -0.1) is 0 Å². The molecule has 1 aromatic heterocycles. The number of likely N-dealkylation sites (tertiary alicyclic amines) is 1. The van der Waals surface area contributed by atoms with Crippen LogP contribution in [0.15, 0.2) is 40.8 Å². The predicted molar refractivity (Wildman–Crippen MR) is 109 cm³/mol. The van der Waals surface area contributed by atoms with E-state index < -0.39 is 0 Å². The van der Waals surface area contributed by atoms with E-state index >= 15 is 0 Å². The lowest BCUT2D eigenvalue weighted by molar-refractivity contribution is -0.928. The molecule has 0 bridgehead atoms. The molecule has 1 amide bonds. The Morgan fingerprint density at radius 3 is 2.89 bits per heavy atom. The maximum atomic E-state index is 12.7. The van der Waals surface area contributed by atoms with Gasteiger partial charge in [0.25, 0.3) is 5.91 Å². The minimum Gasteiger partial charge on any atom is -0.450 e. The molecular weight excluding hydrogens is 336 g/mol. The highest BCUT2D eigenvalue weighted by Crippen LogP contribution is 2.31. The maximum Gasteiger partial charge on any atom is 0.287 e. The quantitative estimate of drug-likeness (QED) is 0.680. The first-order valence-electron chi connectivity index (χ1n) is 10.2. The Labute approximate surface area is 160 Å². The number of benzene rings is 2. The largest absolute Gasteiger partial charge is 0.450 e. The second kappa shape index (κ2) is 7.73. The summed E-state index contributed by atoms with van der Waals surface area (Å²) in [5.41, 5.74) is 1.73. The van der Waals surface area contributed by atoms with Gasteiger partial charge in [-0.3, -0.25) is 4.79 Å². The molecule has 1 saturated heterocycles. The number of carbonyl (C=O) groups is 1. The van der Waals surface area contributed by atoms with Crippen molar-refractivity contribution >= 4 is 27.6 Å². The number of piperidine rings is 1. The summed E-state index contributed by atoms with van der Waals surface area (Å²) in [4.78, 5) is 14.4. The lowest BCUT2D eigenvalue weighted by Gasteiger charge is -2.30. The van der Waals surface area contributed by atoms with Crippen molar-refractivity contribution in [1.29, 1.82) is 0 Å².